The van der Waals surface area contributed by atoms with Gasteiger partial charge in [0.1, 0.15) is 12.0 Å². The first-order valence-corrected chi connectivity index (χ1v) is 11.9. The summed E-state index contributed by atoms with van der Waals surface area (Å²) in [7, 11) is 0. The van der Waals surface area contributed by atoms with E-state index >= 15 is 0 Å². The number of hydrogen-bond donors (Lipinski definition) is 1. The van der Waals surface area contributed by atoms with E-state index in [9.17, 15) is 19.2 Å². The van der Waals surface area contributed by atoms with Crippen LogP contribution in [0.4, 0.5) is 5.69 Å². The largest absolute Gasteiger partial charge is 0.453 e. The summed E-state index contributed by atoms with van der Waals surface area (Å²) in [4.78, 5) is 53.4. The van der Waals surface area contributed by atoms with E-state index in [1.165, 1.54) is 0 Å². The maximum Gasteiger partial charge on any atom is 0.339 e. The zero-order chi connectivity index (χ0) is 25.9. The number of esters is 1. The van der Waals surface area contributed by atoms with Crippen molar-refractivity contribution in [3.63, 3.8) is 0 Å². The van der Waals surface area contributed by atoms with Gasteiger partial charge in [0.15, 0.2) is 5.78 Å². The van der Waals surface area contributed by atoms with Gasteiger partial charge in [0.05, 0.1) is 5.56 Å². The molecule has 0 unspecified atom stereocenters. The molecular formula is C30H20ClNO5. The molecule has 37 heavy (non-hydrogen) atoms. The van der Waals surface area contributed by atoms with Crippen molar-refractivity contribution in [1.29, 1.82) is 0 Å². The van der Waals surface area contributed by atoms with Crippen molar-refractivity contribution < 1.29 is 23.9 Å². The molecule has 1 aliphatic heterocycles. The molecular weight excluding hydrogens is 490 g/mol. The average molecular weight is 510 g/mol. The van der Waals surface area contributed by atoms with Gasteiger partial charge < -0.3 is 10.1 Å². The number of amides is 1. The first kappa shape index (κ1) is 24.2. The second-order valence-electron chi connectivity index (χ2n) is 8.49. The number of anilines is 1. The Morgan fingerprint density at radius 1 is 0.757 bits per heavy atom. The van der Waals surface area contributed by atoms with Gasteiger partial charge in [0.2, 0.25) is 5.78 Å². The first-order valence-electron chi connectivity index (χ1n) is 11.5. The lowest BCUT2D eigenvalue weighted by Gasteiger charge is -2.22. The highest BCUT2D eigenvalue weighted by Gasteiger charge is 2.46. The highest BCUT2D eigenvalue weighted by atomic mass is 35.5. The molecule has 0 bridgehead atoms. The van der Waals surface area contributed by atoms with Gasteiger partial charge in [-0.2, -0.15) is 0 Å². The minimum atomic E-state index is -1.59. The van der Waals surface area contributed by atoms with Gasteiger partial charge in [-0.1, -0.05) is 84.4 Å². The van der Waals surface area contributed by atoms with Gasteiger partial charge in [-0.15, -0.1) is 0 Å². The lowest BCUT2D eigenvalue weighted by molar-refractivity contribution is -0.138. The fraction of sp³-hybridized carbons (Fsp3) is 0.0667. The molecule has 4 aromatic carbocycles. The first-order chi connectivity index (χ1) is 17.9. The molecule has 0 radical (unpaired) electrons. The van der Waals surface area contributed by atoms with Gasteiger partial charge in [0, 0.05) is 21.8 Å². The Morgan fingerprint density at radius 3 is 2.11 bits per heavy atom. The maximum absolute atomic E-state index is 14.1. The fourth-order valence-electron chi connectivity index (χ4n) is 4.42. The Balaban J connectivity index is 1.57. The Kier molecular flexibility index (Phi) is 6.66. The van der Waals surface area contributed by atoms with Crippen molar-refractivity contribution in [3.8, 4) is 11.1 Å². The number of rotatable bonds is 7. The summed E-state index contributed by atoms with van der Waals surface area (Å²) >= 11 is 5.91. The van der Waals surface area contributed by atoms with Gasteiger partial charge in [-0.3, -0.25) is 14.4 Å². The summed E-state index contributed by atoms with van der Waals surface area (Å²) < 4.78 is 5.54. The van der Waals surface area contributed by atoms with Crippen LogP contribution in [0.5, 0.6) is 0 Å². The van der Waals surface area contributed by atoms with E-state index in [-0.39, 0.29) is 11.1 Å². The third-order valence-corrected chi connectivity index (χ3v) is 6.44. The molecule has 0 saturated heterocycles. The van der Waals surface area contributed by atoms with E-state index in [1.807, 2.05) is 30.3 Å². The number of carbonyl (C=O) groups excluding carboxylic acids is 4. The number of carbonyl (C=O) groups is 4. The predicted molar refractivity (Wildman–Crippen MR) is 139 cm³/mol. The van der Waals surface area contributed by atoms with Crippen LogP contribution in [0.15, 0.2) is 103 Å². The molecule has 0 saturated carbocycles. The average Bonchev–Trinajstić information content (AvgIpc) is 3.26. The molecule has 4 aromatic rings. The van der Waals surface area contributed by atoms with Crippen LogP contribution < -0.4 is 5.32 Å². The van der Waals surface area contributed by atoms with Crippen molar-refractivity contribution >= 4 is 40.7 Å². The number of fused-ring (bicyclic) bond motifs is 1. The highest BCUT2D eigenvalue weighted by Crippen LogP contribution is 2.39. The molecule has 7 heteroatoms. The normalized spacial score (nSPS) is 14.8. The SMILES string of the molecule is O=C(Nc1ccc(Cl)cc1)C(=O)[C@H](C(=O)c1ccccc1-c1ccccc1)[C@@H]1OC(=O)c2ccccc21. The maximum atomic E-state index is 14.1. The van der Waals surface area contributed by atoms with Crippen LogP contribution in [0.1, 0.15) is 32.4 Å². The van der Waals surface area contributed by atoms with Crippen LogP contribution in [-0.2, 0) is 14.3 Å². The number of ether oxygens (including phenoxy) is 1. The Morgan fingerprint density at radius 2 is 1.38 bits per heavy atom. The number of benzene rings is 4. The molecule has 0 aromatic heterocycles. The van der Waals surface area contributed by atoms with Crippen molar-refractivity contribution in [2.45, 2.75) is 6.10 Å². The molecule has 1 aliphatic rings. The summed E-state index contributed by atoms with van der Waals surface area (Å²) in [6, 6.07) is 28.8. The van der Waals surface area contributed by atoms with E-state index in [4.69, 9.17) is 16.3 Å². The van der Waals surface area contributed by atoms with Crippen molar-refractivity contribution in [3.05, 3.63) is 125 Å². The van der Waals surface area contributed by atoms with Crippen LogP contribution in [-0.4, -0.2) is 23.4 Å². The quantitative estimate of drug-likeness (QED) is 0.144. The Hall–Kier alpha value is -4.55. The fourth-order valence-corrected chi connectivity index (χ4v) is 4.54. The third kappa shape index (κ3) is 4.79. The summed E-state index contributed by atoms with van der Waals surface area (Å²) in [5, 5.41) is 2.98. The number of ketones is 2. The van der Waals surface area contributed by atoms with Crippen molar-refractivity contribution in [2.24, 2.45) is 5.92 Å². The zero-order valence-electron chi connectivity index (χ0n) is 19.4. The summed E-state index contributed by atoms with van der Waals surface area (Å²) in [5.41, 5.74) is 2.59. The van der Waals surface area contributed by atoms with Crippen LogP contribution >= 0.6 is 11.6 Å². The van der Waals surface area contributed by atoms with Crippen LogP contribution in [0, 0.1) is 5.92 Å². The molecule has 182 valence electrons. The van der Waals surface area contributed by atoms with E-state index in [1.54, 1.807) is 72.8 Å². The van der Waals surface area contributed by atoms with E-state index < -0.39 is 35.5 Å². The molecule has 0 spiro atoms. The van der Waals surface area contributed by atoms with E-state index in [2.05, 4.69) is 5.32 Å². The third-order valence-electron chi connectivity index (χ3n) is 6.19. The number of Topliss-reactive ketones (excluding diaryl/α,β-unsaturated/α-hetero) is 2. The summed E-state index contributed by atoms with van der Waals surface area (Å²) in [5.74, 6) is -4.88. The van der Waals surface area contributed by atoms with Crippen molar-refractivity contribution in [2.75, 3.05) is 5.32 Å². The van der Waals surface area contributed by atoms with Gasteiger partial charge in [-0.05, 0) is 41.5 Å². The minimum absolute atomic E-state index is 0.242. The lowest BCUT2D eigenvalue weighted by Crippen LogP contribution is -2.38. The Bertz CT molecular complexity index is 1510. The lowest BCUT2D eigenvalue weighted by atomic mass is 9.82. The predicted octanol–water partition coefficient (Wildman–Crippen LogP) is 5.93. The monoisotopic (exact) mass is 509 g/mol. The van der Waals surface area contributed by atoms with Crippen LogP contribution in [0.3, 0.4) is 0 Å². The molecule has 5 rings (SSSR count). The molecule has 0 fully saturated rings. The zero-order valence-corrected chi connectivity index (χ0v) is 20.1. The van der Waals surface area contributed by atoms with Crippen LogP contribution in [0.2, 0.25) is 5.02 Å². The van der Waals surface area contributed by atoms with Gasteiger partial charge in [-0.25, -0.2) is 4.79 Å². The summed E-state index contributed by atoms with van der Waals surface area (Å²) in [6.45, 7) is 0. The summed E-state index contributed by atoms with van der Waals surface area (Å²) in [6.07, 6.45) is -1.25. The topological polar surface area (TPSA) is 89.5 Å². The smallest absolute Gasteiger partial charge is 0.339 e. The number of hydrogen-bond acceptors (Lipinski definition) is 5. The number of halogens is 1. The van der Waals surface area contributed by atoms with Gasteiger partial charge in [0.25, 0.3) is 5.91 Å². The van der Waals surface area contributed by atoms with Gasteiger partial charge >= 0.3 is 5.97 Å². The minimum Gasteiger partial charge on any atom is -0.453 e. The van der Waals surface area contributed by atoms with E-state index in [0.29, 0.717) is 21.8 Å². The highest BCUT2D eigenvalue weighted by molar-refractivity contribution is 6.45. The molecule has 0 aliphatic carbocycles. The molecule has 1 N–H and O–H groups in total. The number of nitrogens with one attached hydrogen (secondary N) is 1. The van der Waals surface area contributed by atoms with E-state index in [0.717, 1.165) is 5.56 Å². The number of cyclic esters (lactones) is 1. The van der Waals surface area contributed by atoms with Crippen molar-refractivity contribution in [1.82, 2.24) is 0 Å². The van der Waals surface area contributed by atoms with Crippen LogP contribution in [0.25, 0.3) is 11.1 Å². The standard InChI is InChI=1S/C30H20ClNO5/c31-19-14-16-20(17-15-19)32-29(35)27(34)25(28-23-12-6-7-13-24(23)30(36)37-28)26(33)22-11-5-4-10-21(22)18-8-2-1-3-9-18/h1-17,25,28H,(H,32,35)/t25-,28+/m0/s1. The molecule has 2 atom stereocenters. The molecule has 6 nitrogen and oxygen atoms in total. The second kappa shape index (κ2) is 10.2. The second-order valence-corrected chi connectivity index (χ2v) is 8.93. The Labute approximate surface area is 217 Å². The molecule has 1 amide bonds. The molecule has 1 heterocycles.